The van der Waals surface area contributed by atoms with E-state index in [-0.39, 0.29) is 0 Å². The summed E-state index contributed by atoms with van der Waals surface area (Å²) in [5.41, 5.74) is 3.99. The highest BCUT2D eigenvalue weighted by atomic mass is 32.2. The number of nitrogens with one attached hydrogen (secondary N) is 1. The fourth-order valence-electron chi connectivity index (χ4n) is 2.58. The molecule has 3 rings (SSSR count). The van der Waals surface area contributed by atoms with E-state index >= 15 is 0 Å². The van der Waals surface area contributed by atoms with Crippen molar-refractivity contribution in [1.82, 2.24) is 0 Å². The van der Waals surface area contributed by atoms with Crippen LogP contribution >= 0.6 is 11.8 Å². The first-order valence-electron chi connectivity index (χ1n) is 7.75. The topological polar surface area (TPSA) is 42.2 Å². The third kappa shape index (κ3) is 4.20. The van der Waals surface area contributed by atoms with E-state index in [0.717, 1.165) is 27.8 Å². The lowest BCUT2D eigenvalue weighted by molar-refractivity contribution is 0.252. The zero-order valence-electron chi connectivity index (χ0n) is 13.8. The monoisotopic (exact) mass is 361 g/mol. The van der Waals surface area contributed by atoms with Gasteiger partial charge < -0.3 is 9.73 Å². The van der Waals surface area contributed by atoms with Crippen LogP contribution in [0.1, 0.15) is 16.7 Å². The molecule has 1 heterocycles. The first-order valence-corrected chi connectivity index (χ1v) is 8.63. The van der Waals surface area contributed by atoms with E-state index in [1.165, 1.54) is 6.07 Å². The number of anilines is 1. The van der Waals surface area contributed by atoms with E-state index in [0.29, 0.717) is 28.8 Å². The van der Waals surface area contributed by atoms with Gasteiger partial charge in [-0.25, -0.2) is 4.79 Å². The third-order valence-corrected chi connectivity index (χ3v) is 4.73. The molecule has 25 heavy (non-hydrogen) atoms. The first kappa shape index (κ1) is 17.5. The molecule has 130 valence electrons. The Morgan fingerprint density at radius 1 is 1.08 bits per heavy atom. The molecule has 2 aromatic carbocycles. The van der Waals surface area contributed by atoms with Gasteiger partial charge in [-0.05, 0) is 66.9 Å². The molecule has 0 fully saturated rings. The Morgan fingerprint density at radius 2 is 1.76 bits per heavy atom. The molecular weight excluding hydrogens is 344 g/mol. The average molecular weight is 361 g/mol. The number of hydrogen-bond acceptors (Lipinski definition) is 4. The van der Waals surface area contributed by atoms with Gasteiger partial charge in [0, 0.05) is 28.6 Å². The minimum absolute atomic E-state index is 0.392. The summed E-state index contributed by atoms with van der Waals surface area (Å²) < 4.78 is 30.0. The van der Waals surface area contributed by atoms with Crippen LogP contribution in [0.2, 0.25) is 0 Å². The summed E-state index contributed by atoms with van der Waals surface area (Å²) in [6.07, 6.45) is 0. The molecule has 0 bridgehead atoms. The quantitative estimate of drug-likeness (QED) is 0.492. The number of alkyl halides is 2. The van der Waals surface area contributed by atoms with Crippen molar-refractivity contribution in [2.45, 2.75) is 31.0 Å². The van der Waals surface area contributed by atoms with Gasteiger partial charge in [0.15, 0.2) is 0 Å². The van der Waals surface area contributed by atoms with Crippen LogP contribution in [-0.2, 0) is 6.54 Å². The van der Waals surface area contributed by atoms with Crippen LogP contribution in [0.3, 0.4) is 0 Å². The Balaban J connectivity index is 1.83. The normalized spacial score (nSPS) is 11.2. The number of thioether (sulfide) groups is 1. The molecule has 0 saturated carbocycles. The maximum absolute atomic E-state index is 12.3. The number of halogens is 2. The van der Waals surface area contributed by atoms with Crippen molar-refractivity contribution in [3.8, 4) is 0 Å². The lowest BCUT2D eigenvalue weighted by atomic mass is 10.0. The third-order valence-electron chi connectivity index (χ3n) is 4.01. The van der Waals surface area contributed by atoms with E-state index in [4.69, 9.17) is 4.42 Å². The zero-order chi connectivity index (χ0) is 18.0. The predicted molar refractivity (Wildman–Crippen MR) is 97.6 cm³/mol. The molecule has 0 atom stereocenters. The van der Waals surface area contributed by atoms with Crippen molar-refractivity contribution in [3.05, 3.63) is 69.6 Å². The number of rotatable bonds is 5. The van der Waals surface area contributed by atoms with Crippen molar-refractivity contribution in [3.63, 3.8) is 0 Å². The SMILES string of the molecule is Cc1cc2oc(=O)cc(CNc3ccc(SC(F)F)cc3)c2cc1C. The van der Waals surface area contributed by atoms with Crippen LogP contribution in [-0.4, -0.2) is 5.76 Å². The van der Waals surface area contributed by atoms with E-state index < -0.39 is 11.4 Å². The Kier molecular flexibility index (Phi) is 5.08. The molecule has 3 aromatic rings. The summed E-state index contributed by atoms with van der Waals surface area (Å²) in [7, 11) is 0. The van der Waals surface area contributed by atoms with Gasteiger partial charge in [0.1, 0.15) is 5.58 Å². The summed E-state index contributed by atoms with van der Waals surface area (Å²) in [5, 5.41) is 4.11. The summed E-state index contributed by atoms with van der Waals surface area (Å²) >= 11 is 0.514. The standard InChI is InChI=1S/C19H17F2NO2S/c1-11-7-16-13(9-18(23)24-17(16)8-12(11)2)10-22-14-3-5-15(6-4-14)25-19(20)21/h3-9,19,22H,10H2,1-2H3. The van der Waals surface area contributed by atoms with Crippen molar-refractivity contribution in [2.75, 3.05) is 5.32 Å². The van der Waals surface area contributed by atoms with Gasteiger partial charge in [-0.2, -0.15) is 8.78 Å². The molecular formula is C19H17F2NO2S. The maximum Gasteiger partial charge on any atom is 0.336 e. The molecule has 0 unspecified atom stereocenters. The highest BCUT2D eigenvalue weighted by molar-refractivity contribution is 7.99. The summed E-state index contributed by atoms with van der Waals surface area (Å²) in [5.74, 6) is -2.43. The van der Waals surface area contributed by atoms with Crippen LogP contribution in [0, 0.1) is 13.8 Å². The van der Waals surface area contributed by atoms with Gasteiger partial charge in [-0.15, -0.1) is 0 Å². The van der Waals surface area contributed by atoms with E-state index in [1.54, 1.807) is 24.3 Å². The fourth-order valence-corrected chi connectivity index (χ4v) is 3.08. The molecule has 1 aromatic heterocycles. The molecule has 0 aliphatic carbocycles. The number of aryl methyl sites for hydroxylation is 2. The van der Waals surface area contributed by atoms with Crippen LogP contribution < -0.4 is 10.9 Å². The lowest BCUT2D eigenvalue weighted by Gasteiger charge is -2.11. The summed E-state index contributed by atoms with van der Waals surface area (Å²) in [6.45, 7) is 4.42. The highest BCUT2D eigenvalue weighted by Crippen LogP contribution is 2.27. The van der Waals surface area contributed by atoms with Crippen LogP contribution in [0.4, 0.5) is 14.5 Å². The van der Waals surface area contributed by atoms with Gasteiger partial charge >= 0.3 is 5.63 Å². The van der Waals surface area contributed by atoms with Gasteiger partial charge in [0.25, 0.3) is 5.76 Å². The molecule has 0 aliphatic heterocycles. The van der Waals surface area contributed by atoms with E-state index in [2.05, 4.69) is 5.32 Å². The Morgan fingerprint density at radius 3 is 2.44 bits per heavy atom. The van der Waals surface area contributed by atoms with Crippen molar-refractivity contribution in [2.24, 2.45) is 0 Å². The molecule has 0 aliphatic rings. The largest absolute Gasteiger partial charge is 0.423 e. The smallest absolute Gasteiger partial charge is 0.336 e. The first-order chi connectivity index (χ1) is 11.9. The van der Waals surface area contributed by atoms with Gasteiger partial charge in [-0.3, -0.25) is 0 Å². The van der Waals surface area contributed by atoms with E-state index in [1.807, 2.05) is 26.0 Å². The van der Waals surface area contributed by atoms with Crippen LogP contribution in [0.15, 0.2) is 56.6 Å². The molecule has 0 saturated heterocycles. The number of hydrogen-bond donors (Lipinski definition) is 1. The van der Waals surface area contributed by atoms with Gasteiger partial charge in [0.2, 0.25) is 0 Å². The van der Waals surface area contributed by atoms with Gasteiger partial charge in [0.05, 0.1) is 0 Å². The maximum atomic E-state index is 12.3. The van der Waals surface area contributed by atoms with Crippen molar-refractivity contribution < 1.29 is 13.2 Å². The predicted octanol–water partition coefficient (Wildman–Crippen LogP) is 5.34. The van der Waals surface area contributed by atoms with Crippen LogP contribution in [0.5, 0.6) is 0 Å². The second-order valence-electron chi connectivity index (χ2n) is 5.78. The number of fused-ring (bicyclic) bond motifs is 1. The lowest BCUT2D eigenvalue weighted by Crippen LogP contribution is -2.06. The zero-order valence-corrected chi connectivity index (χ0v) is 14.6. The summed E-state index contributed by atoms with van der Waals surface area (Å²) in [4.78, 5) is 12.3. The number of benzene rings is 2. The Bertz CT molecular complexity index is 952. The van der Waals surface area contributed by atoms with E-state index in [9.17, 15) is 13.6 Å². The fraction of sp³-hybridized carbons (Fsp3) is 0.211. The van der Waals surface area contributed by atoms with Crippen molar-refractivity contribution in [1.29, 1.82) is 0 Å². The minimum atomic E-state index is -2.43. The second kappa shape index (κ2) is 7.27. The Hall–Kier alpha value is -2.34. The second-order valence-corrected chi connectivity index (χ2v) is 6.84. The highest BCUT2D eigenvalue weighted by Gasteiger charge is 2.08. The van der Waals surface area contributed by atoms with Crippen molar-refractivity contribution >= 4 is 28.4 Å². The molecule has 0 amide bonds. The average Bonchev–Trinajstić information content (AvgIpc) is 2.55. The molecule has 0 radical (unpaired) electrons. The van der Waals surface area contributed by atoms with Crippen LogP contribution in [0.25, 0.3) is 11.0 Å². The molecule has 0 spiro atoms. The Labute approximate surface area is 148 Å². The molecule has 6 heteroatoms. The van der Waals surface area contributed by atoms with Gasteiger partial charge in [-0.1, -0.05) is 11.8 Å². The summed E-state index contributed by atoms with van der Waals surface area (Å²) in [6, 6.07) is 12.1. The minimum Gasteiger partial charge on any atom is -0.423 e. The molecule has 1 N–H and O–H groups in total. The molecule has 3 nitrogen and oxygen atoms in total.